The van der Waals surface area contributed by atoms with Crippen LogP contribution in [-0.2, 0) is 0 Å². The van der Waals surface area contributed by atoms with E-state index in [0.29, 0.717) is 23.5 Å². The number of ether oxygens (including phenoxy) is 1. The quantitative estimate of drug-likeness (QED) is 0.689. The minimum absolute atomic E-state index is 0.224. The molecule has 0 atom stereocenters. The molecule has 0 fully saturated rings. The van der Waals surface area contributed by atoms with Crippen LogP contribution in [0, 0.1) is 19.7 Å². The Labute approximate surface area is 123 Å². The summed E-state index contributed by atoms with van der Waals surface area (Å²) in [7, 11) is 0. The van der Waals surface area contributed by atoms with Crippen molar-refractivity contribution >= 4 is 11.5 Å². The van der Waals surface area contributed by atoms with E-state index in [-0.39, 0.29) is 17.0 Å². The van der Waals surface area contributed by atoms with Crippen molar-refractivity contribution in [1.82, 2.24) is 0 Å². The zero-order valence-electron chi connectivity index (χ0n) is 12.4. The van der Waals surface area contributed by atoms with Gasteiger partial charge in [-0.25, -0.2) is 4.39 Å². The van der Waals surface area contributed by atoms with E-state index in [9.17, 15) is 9.18 Å². The Bertz CT molecular complexity index is 672. The molecule has 110 valence electrons. The number of rotatable bonds is 4. The van der Waals surface area contributed by atoms with E-state index in [1.807, 2.05) is 19.9 Å². The molecular formula is C17H18FNO2. The van der Waals surface area contributed by atoms with Gasteiger partial charge in [-0.15, -0.1) is 0 Å². The molecule has 2 aromatic carbocycles. The zero-order chi connectivity index (χ0) is 15.6. The van der Waals surface area contributed by atoms with Crippen LogP contribution in [0.3, 0.4) is 0 Å². The molecule has 3 nitrogen and oxygen atoms in total. The number of halogens is 1. The molecule has 0 unspecified atom stereocenters. The van der Waals surface area contributed by atoms with Crippen molar-refractivity contribution in [3.63, 3.8) is 0 Å². The van der Waals surface area contributed by atoms with E-state index in [2.05, 4.69) is 0 Å². The Kier molecular flexibility index (Phi) is 4.26. The van der Waals surface area contributed by atoms with E-state index >= 15 is 0 Å². The van der Waals surface area contributed by atoms with Crippen molar-refractivity contribution in [2.24, 2.45) is 0 Å². The zero-order valence-corrected chi connectivity index (χ0v) is 12.4. The molecule has 0 aliphatic carbocycles. The van der Waals surface area contributed by atoms with Crippen LogP contribution in [0.4, 0.5) is 10.1 Å². The first-order chi connectivity index (χ1) is 9.93. The number of aryl methyl sites for hydroxylation is 1. The summed E-state index contributed by atoms with van der Waals surface area (Å²) in [4.78, 5) is 12.6. The number of carbonyl (C=O) groups is 1. The third-order valence-corrected chi connectivity index (χ3v) is 3.33. The highest BCUT2D eigenvalue weighted by Gasteiger charge is 2.17. The van der Waals surface area contributed by atoms with E-state index in [0.717, 1.165) is 5.56 Å². The standard InChI is InChI=1S/C17H18FNO2/c1-4-21-16-6-5-10(2)7-13(16)17(20)12-8-14(18)11(3)15(19)9-12/h5-9H,4,19H2,1-3H3. The maximum Gasteiger partial charge on any atom is 0.196 e. The minimum atomic E-state index is -0.482. The van der Waals surface area contributed by atoms with Gasteiger partial charge in [0.05, 0.1) is 12.2 Å². The third-order valence-electron chi connectivity index (χ3n) is 3.33. The van der Waals surface area contributed by atoms with Gasteiger partial charge >= 0.3 is 0 Å². The number of anilines is 1. The van der Waals surface area contributed by atoms with Crippen molar-refractivity contribution in [2.75, 3.05) is 12.3 Å². The summed E-state index contributed by atoms with van der Waals surface area (Å²) in [6.07, 6.45) is 0. The van der Waals surface area contributed by atoms with Gasteiger partial charge in [-0.1, -0.05) is 11.6 Å². The normalized spacial score (nSPS) is 10.5. The Balaban J connectivity index is 2.51. The number of nitrogens with two attached hydrogens (primary N) is 1. The molecule has 0 aliphatic heterocycles. The molecule has 2 N–H and O–H groups in total. The van der Waals surface area contributed by atoms with Gasteiger partial charge in [0.15, 0.2) is 5.78 Å². The topological polar surface area (TPSA) is 52.3 Å². The smallest absolute Gasteiger partial charge is 0.196 e. The lowest BCUT2D eigenvalue weighted by molar-refractivity contribution is 0.103. The summed E-state index contributed by atoms with van der Waals surface area (Å²) in [6, 6.07) is 8.07. The van der Waals surface area contributed by atoms with Crippen molar-refractivity contribution in [3.8, 4) is 5.75 Å². The van der Waals surface area contributed by atoms with Crippen LogP contribution in [0.2, 0.25) is 0 Å². The number of nitrogen functional groups attached to an aromatic ring is 1. The summed E-state index contributed by atoms with van der Waals surface area (Å²) >= 11 is 0. The van der Waals surface area contributed by atoms with Gasteiger partial charge in [0, 0.05) is 16.8 Å². The van der Waals surface area contributed by atoms with Crippen molar-refractivity contribution in [3.05, 3.63) is 58.4 Å². The van der Waals surface area contributed by atoms with E-state index in [4.69, 9.17) is 10.5 Å². The predicted molar refractivity (Wildman–Crippen MR) is 81.3 cm³/mol. The summed E-state index contributed by atoms with van der Waals surface area (Å²) in [5.74, 6) is -0.288. The van der Waals surface area contributed by atoms with Crippen LogP contribution in [0.15, 0.2) is 30.3 Å². The highest BCUT2D eigenvalue weighted by atomic mass is 19.1. The lowest BCUT2D eigenvalue weighted by Crippen LogP contribution is -2.08. The summed E-state index contributed by atoms with van der Waals surface area (Å²) in [6.45, 7) is 5.76. The van der Waals surface area contributed by atoms with Crippen LogP contribution in [0.25, 0.3) is 0 Å². The number of benzene rings is 2. The van der Waals surface area contributed by atoms with E-state index < -0.39 is 5.82 Å². The third kappa shape index (κ3) is 3.05. The van der Waals surface area contributed by atoms with Crippen LogP contribution < -0.4 is 10.5 Å². The second kappa shape index (κ2) is 5.95. The maximum absolute atomic E-state index is 13.8. The minimum Gasteiger partial charge on any atom is -0.493 e. The molecule has 2 aromatic rings. The van der Waals surface area contributed by atoms with Gasteiger partial charge in [0.1, 0.15) is 11.6 Å². The van der Waals surface area contributed by atoms with Crippen molar-refractivity contribution in [2.45, 2.75) is 20.8 Å². The molecule has 0 aliphatic rings. The molecule has 0 saturated heterocycles. The lowest BCUT2D eigenvalue weighted by Gasteiger charge is -2.11. The Hall–Kier alpha value is -2.36. The molecule has 2 rings (SSSR count). The van der Waals surface area contributed by atoms with Gasteiger partial charge in [0.25, 0.3) is 0 Å². The first-order valence-corrected chi connectivity index (χ1v) is 6.77. The first-order valence-electron chi connectivity index (χ1n) is 6.77. The van der Waals surface area contributed by atoms with Crippen LogP contribution in [0.1, 0.15) is 34.0 Å². The largest absolute Gasteiger partial charge is 0.493 e. The second-order valence-corrected chi connectivity index (χ2v) is 4.93. The molecule has 0 amide bonds. The Morgan fingerprint density at radius 2 is 1.95 bits per heavy atom. The summed E-state index contributed by atoms with van der Waals surface area (Å²) < 4.78 is 19.3. The fourth-order valence-electron chi connectivity index (χ4n) is 2.09. The van der Waals surface area contributed by atoms with E-state index in [1.54, 1.807) is 19.1 Å². The van der Waals surface area contributed by atoms with Gasteiger partial charge in [0.2, 0.25) is 0 Å². The molecular weight excluding hydrogens is 269 g/mol. The molecule has 0 spiro atoms. The highest BCUT2D eigenvalue weighted by molar-refractivity contribution is 6.11. The molecule has 4 heteroatoms. The number of carbonyl (C=O) groups excluding carboxylic acids is 1. The number of hydrogen-bond donors (Lipinski definition) is 1. The van der Waals surface area contributed by atoms with Gasteiger partial charge in [-0.3, -0.25) is 4.79 Å². The summed E-state index contributed by atoms with van der Waals surface area (Å²) in [5.41, 5.74) is 7.93. The summed E-state index contributed by atoms with van der Waals surface area (Å²) in [5, 5.41) is 0. The van der Waals surface area contributed by atoms with Gasteiger partial charge < -0.3 is 10.5 Å². The SMILES string of the molecule is CCOc1ccc(C)cc1C(=O)c1cc(N)c(C)c(F)c1. The molecule has 0 bridgehead atoms. The van der Waals surface area contributed by atoms with E-state index in [1.165, 1.54) is 12.1 Å². The average Bonchev–Trinajstić information content (AvgIpc) is 2.45. The molecule has 21 heavy (non-hydrogen) atoms. The number of ketones is 1. The molecule has 0 aromatic heterocycles. The highest BCUT2D eigenvalue weighted by Crippen LogP contribution is 2.26. The van der Waals surface area contributed by atoms with Crippen LogP contribution in [-0.4, -0.2) is 12.4 Å². The second-order valence-electron chi connectivity index (χ2n) is 4.93. The first kappa shape index (κ1) is 15.0. The molecule has 0 heterocycles. The van der Waals surface area contributed by atoms with Crippen molar-refractivity contribution < 1.29 is 13.9 Å². The predicted octanol–water partition coefficient (Wildman–Crippen LogP) is 3.65. The van der Waals surface area contributed by atoms with Crippen LogP contribution in [0.5, 0.6) is 5.75 Å². The van der Waals surface area contributed by atoms with Crippen LogP contribution >= 0.6 is 0 Å². The molecule has 0 radical (unpaired) electrons. The Morgan fingerprint density at radius 3 is 2.57 bits per heavy atom. The fraction of sp³-hybridized carbons (Fsp3) is 0.235. The van der Waals surface area contributed by atoms with Crippen molar-refractivity contribution in [1.29, 1.82) is 0 Å². The lowest BCUT2D eigenvalue weighted by atomic mass is 9.98. The monoisotopic (exact) mass is 287 g/mol. The average molecular weight is 287 g/mol. The van der Waals surface area contributed by atoms with Gasteiger partial charge in [-0.2, -0.15) is 0 Å². The van der Waals surface area contributed by atoms with Gasteiger partial charge in [-0.05, 0) is 45.0 Å². The fourth-order valence-corrected chi connectivity index (χ4v) is 2.09. The number of hydrogen-bond acceptors (Lipinski definition) is 3. The maximum atomic E-state index is 13.8. The Morgan fingerprint density at radius 1 is 1.24 bits per heavy atom. The molecule has 0 saturated carbocycles.